The normalized spacial score (nSPS) is 16.0. The van der Waals surface area contributed by atoms with Gasteiger partial charge in [-0.1, -0.05) is 11.6 Å². The van der Waals surface area contributed by atoms with Crippen LogP contribution in [0.4, 0.5) is 0 Å². The number of carbonyl (C=O) groups excluding carboxylic acids is 1. The molecule has 0 unspecified atom stereocenters. The molecule has 7 heteroatoms. The molecule has 1 amide bonds. The first-order valence-electron chi connectivity index (χ1n) is 8.58. The molecule has 138 valence electrons. The van der Waals surface area contributed by atoms with Crippen LogP contribution in [-0.4, -0.2) is 34.0 Å². The van der Waals surface area contributed by atoms with Gasteiger partial charge in [-0.2, -0.15) is 0 Å². The molecule has 0 spiro atoms. The lowest BCUT2D eigenvalue weighted by molar-refractivity contribution is -0.126. The largest absolute Gasteiger partial charge is 0.481 e. The van der Waals surface area contributed by atoms with Gasteiger partial charge in [-0.05, 0) is 63.3 Å². The van der Waals surface area contributed by atoms with Gasteiger partial charge in [-0.25, -0.2) is 13.1 Å². The SMILES string of the molecule is CNC(=O)[C@H](C)Oc1ccc(S(=O)(=O)NCCC2=CCCCC2)cc1. The van der Waals surface area contributed by atoms with E-state index in [9.17, 15) is 13.2 Å². The van der Waals surface area contributed by atoms with Crippen LogP contribution < -0.4 is 14.8 Å². The minimum atomic E-state index is -3.54. The lowest BCUT2D eigenvalue weighted by Gasteiger charge is -2.14. The molecule has 0 saturated heterocycles. The molecule has 0 radical (unpaired) electrons. The van der Waals surface area contributed by atoms with Crippen molar-refractivity contribution in [3.63, 3.8) is 0 Å². The molecule has 1 aromatic carbocycles. The number of ether oxygens (including phenoxy) is 1. The highest BCUT2D eigenvalue weighted by Gasteiger charge is 2.16. The van der Waals surface area contributed by atoms with Crippen molar-refractivity contribution < 1.29 is 17.9 Å². The maximum Gasteiger partial charge on any atom is 0.260 e. The molecule has 6 nitrogen and oxygen atoms in total. The standard InChI is InChI=1S/C18H26N2O4S/c1-14(18(21)19-2)24-16-8-10-17(11-9-16)25(22,23)20-13-12-15-6-4-3-5-7-15/h6,8-11,14,20H,3-5,7,12-13H2,1-2H3,(H,19,21)/t14-/m0/s1. The first kappa shape index (κ1) is 19.5. The number of likely N-dealkylation sites (N-methyl/N-ethyl adjacent to an activating group) is 1. The van der Waals surface area contributed by atoms with Gasteiger partial charge in [0.25, 0.3) is 5.91 Å². The Morgan fingerprint density at radius 1 is 1.24 bits per heavy atom. The van der Waals surface area contributed by atoms with Crippen LogP contribution in [0.5, 0.6) is 5.75 Å². The van der Waals surface area contributed by atoms with E-state index in [0.29, 0.717) is 12.3 Å². The first-order chi connectivity index (χ1) is 11.9. The average molecular weight is 366 g/mol. The van der Waals surface area contributed by atoms with Gasteiger partial charge in [0.15, 0.2) is 6.10 Å². The van der Waals surface area contributed by atoms with Crippen molar-refractivity contribution in [1.29, 1.82) is 0 Å². The molecule has 2 N–H and O–H groups in total. The highest BCUT2D eigenvalue weighted by atomic mass is 32.2. The van der Waals surface area contributed by atoms with Crippen LogP contribution in [0, 0.1) is 0 Å². The highest BCUT2D eigenvalue weighted by Crippen LogP contribution is 2.20. The van der Waals surface area contributed by atoms with E-state index in [2.05, 4.69) is 16.1 Å². The van der Waals surface area contributed by atoms with Gasteiger partial charge in [-0.3, -0.25) is 4.79 Å². The zero-order chi connectivity index (χ0) is 18.3. The quantitative estimate of drug-likeness (QED) is 0.692. The molecule has 0 bridgehead atoms. The lowest BCUT2D eigenvalue weighted by Crippen LogP contribution is -2.33. The number of carbonyl (C=O) groups is 1. The Balaban J connectivity index is 1.90. The van der Waals surface area contributed by atoms with Crippen LogP contribution in [0.1, 0.15) is 39.0 Å². The second kappa shape index (κ2) is 9.01. The van der Waals surface area contributed by atoms with Gasteiger partial charge in [-0.15, -0.1) is 0 Å². The number of hydrogen-bond acceptors (Lipinski definition) is 4. The fourth-order valence-corrected chi connectivity index (χ4v) is 3.75. The van der Waals surface area contributed by atoms with E-state index in [0.717, 1.165) is 19.3 Å². The zero-order valence-electron chi connectivity index (χ0n) is 14.7. The van der Waals surface area contributed by atoms with Crippen molar-refractivity contribution in [2.45, 2.75) is 50.0 Å². The van der Waals surface area contributed by atoms with Crippen LogP contribution in [0.3, 0.4) is 0 Å². The molecule has 0 saturated carbocycles. The van der Waals surface area contributed by atoms with E-state index in [4.69, 9.17) is 4.74 Å². The predicted molar refractivity (Wildman–Crippen MR) is 97.0 cm³/mol. The van der Waals surface area contributed by atoms with Crippen molar-refractivity contribution >= 4 is 15.9 Å². The van der Waals surface area contributed by atoms with E-state index in [1.54, 1.807) is 19.1 Å². The highest BCUT2D eigenvalue weighted by molar-refractivity contribution is 7.89. The van der Waals surface area contributed by atoms with E-state index in [-0.39, 0.29) is 10.8 Å². The molecule has 0 heterocycles. The zero-order valence-corrected chi connectivity index (χ0v) is 15.6. The van der Waals surface area contributed by atoms with Crippen molar-refractivity contribution in [3.05, 3.63) is 35.9 Å². The summed E-state index contributed by atoms with van der Waals surface area (Å²) in [5.41, 5.74) is 1.33. The number of allylic oxidation sites excluding steroid dienone is 1. The third-order valence-electron chi connectivity index (χ3n) is 4.19. The Kier molecular flexibility index (Phi) is 7.01. The topological polar surface area (TPSA) is 84.5 Å². The fraction of sp³-hybridized carbons (Fsp3) is 0.500. The summed E-state index contributed by atoms with van der Waals surface area (Å²) < 4.78 is 32.7. The third-order valence-corrected chi connectivity index (χ3v) is 5.66. The number of amides is 1. The van der Waals surface area contributed by atoms with Gasteiger partial charge in [0, 0.05) is 13.6 Å². The molecule has 2 rings (SSSR count). The van der Waals surface area contributed by atoms with Crippen LogP contribution in [-0.2, 0) is 14.8 Å². The number of hydrogen-bond donors (Lipinski definition) is 2. The first-order valence-corrected chi connectivity index (χ1v) is 10.1. The van der Waals surface area contributed by atoms with Crippen LogP contribution in [0.2, 0.25) is 0 Å². The molecular formula is C18H26N2O4S. The van der Waals surface area contributed by atoms with Crippen molar-refractivity contribution in [2.75, 3.05) is 13.6 Å². The second-order valence-electron chi connectivity index (χ2n) is 6.10. The Morgan fingerprint density at radius 3 is 2.56 bits per heavy atom. The lowest BCUT2D eigenvalue weighted by atomic mass is 9.97. The molecule has 25 heavy (non-hydrogen) atoms. The van der Waals surface area contributed by atoms with E-state index < -0.39 is 16.1 Å². The third kappa shape index (κ3) is 5.86. The van der Waals surface area contributed by atoms with Crippen molar-refractivity contribution in [2.24, 2.45) is 0 Å². The summed E-state index contributed by atoms with van der Waals surface area (Å²) in [6, 6.07) is 6.07. The van der Waals surface area contributed by atoms with Crippen molar-refractivity contribution in [3.8, 4) is 5.75 Å². The maximum atomic E-state index is 12.3. The summed E-state index contributed by atoms with van der Waals surface area (Å²) in [6.07, 6.45) is 6.91. The van der Waals surface area contributed by atoms with Crippen LogP contribution in [0.25, 0.3) is 0 Å². The molecule has 1 atom stereocenters. The molecule has 0 aliphatic heterocycles. The van der Waals surface area contributed by atoms with Crippen LogP contribution in [0.15, 0.2) is 40.8 Å². The monoisotopic (exact) mass is 366 g/mol. The number of sulfonamides is 1. The molecule has 1 aliphatic carbocycles. The minimum Gasteiger partial charge on any atom is -0.481 e. The Bertz CT molecular complexity index is 711. The van der Waals surface area contributed by atoms with E-state index >= 15 is 0 Å². The van der Waals surface area contributed by atoms with E-state index in [1.165, 1.54) is 37.6 Å². The summed E-state index contributed by atoms with van der Waals surface area (Å²) >= 11 is 0. The smallest absolute Gasteiger partial charge is 0.260 e. The minimum absolute atomic E-state index is 0.185. The predicted octanol–water partition coefficient (Wildman–Crippen LogP) is 2.37. The number of rotatable bonds is 8. The summed E-state index contributed by atoms with van der Waals surface area (Å²) in [7, 11) is -2.00. The van der Waals surface area contributed by atoms with Crippen molar-refractivity contribution in [1.82, 2.24) is 10.0 Å². The maximum absolute atomic E-state index is 12.3. The fourth-order valence-electron chi connectivity index (χ4n) is 2.72. The summed E-state index contributed by atoms with van der Waals surface area (Å²) in [6.45, 7) is 2.03. The summed E-state index contributed by atoms with van der Waals surface area (Å²) in [5, 5.41) is 2.50. The molecule has 1 aromatic rings. The molecule has 0 fully saturated rings. The average Bonchev–Trinajstić information content (AvgIpc) is 2.62. The summed E-state index contributed by atoms with van der Waals surface area (Å²) in [4.78, 5) is 11.6. The Labute approximate surface area is 149 Å². The second-order valence-corrected chi connectivity index (χ2v) is 7.87. The molecular weight excluding hydrogens is 340 g/mol. The molecule has 0 aromatic heterocycles. The van der Waals surface area contributed by atoms with Gasteiger partial charge >= 0.3 is 0 Å². The molecule has 1 aliphatic rings. The van der Waals surface area contributed by atoms with Crippen LogP contribution >= 0.6 is 0 Å². The number of benzene rings is 1. The van der Waals surface area contributed by atoms with E-state index in [1.807, 2.05) is 0 Å². The van der Waals surface area contributed by atoms with Gasteiger partial charge < -0.3 is 10.1 Å². The summed E-state index contributed by atoms with van der Waals surface area (Å²) in [5.74, 6) is 0.206. The van der Waals surface area contributed by atoms with Gasteiger partial charge in [0.2, 0.25) is 10.0 Å². The Morgan fingerprint density at radius 2 is 1.96 bits per heavy atom. The van der Waals surface area contributed by atoms with Gasteiger partial charge in [0.05, 0.1) is 4.90 Å². The Hall–Kier alpha value is -1.86. The number of nitrogens with one attached hydrogen (secondary N) is 2. The van der Waals surface area contributed by atoms with Gasteiger partial charge in [0.1, 0.15) is 5.75 Å².